The van der Waals surface area contributed by atoms with Crippen LogP contribution in [0.15, 0.2) is 61.2 Å². The van der Waals surface area contributed by atoms with Gasteiger partial charge >= 0.3 is 0 Å². The summed E-state index contributed by atoms with van der Waals surface area (Å²) in [6.07, 6.45) is 1.53. The molecule has 0 spiro atoms. The SMILES string of the molecule is C[C@@H](NC(=O)CSc1nnc(-c2ccco2)o1)c1ccc(Br)cc1. The molecule has 8 heteroatoms. The number of rotatable bonds is 6. The van der Waals surface area contributed by atoms with Gasteiger partial charge in [0.15, 0.2) is 5.76 Å². The first-order valence-electron chi connectivity index (χ1n) is 7.17. The Morgan fingerprint density at radius 2 is 2.08 bits per heavy atom. The second-order valence-electron chi connectivity index (χ2n) is 4.98. The average Bonchev–Trinajstić information content (AvgIpc) is 3.25. The molecule has 3 aromatic rings. The van der Waals surface area contributed by atoms with Crippen molar-refractivity contribution in [3.8, 4) is 11.7 Å². The monoisotopic (exact) mass is 407 g/mol. The van der Waals surface area contributed by atoms with E-state index in [9.17, 15) is 4.79 Å². The highest BCUT2D eigenvalue weighted by Crippen LogP contribution is 2.23. The van der Waals surface area contributed by atoms with Crippen molar-refractivity contribution in [2.45, 2.75) is 18.2 Å². The van der Waals surface area contributed by atoms with Crippen molar-refractivity contribution in [1.29, 1.82) is 0 Å². The van der Waals surface area contributed by atoms with Gasteiger partial charge in [-0.25, -0.2) is 0 Å². The Hall–Kier alpha value is -2.06. The number of carbonyl (C=O) groups is 1. The number of furan rings is 1. The normalized spacial score (nSPS) is 12.1. The molecule has 1 N–H and O–H groups in total. The number of nitrogens with zero attached hydrogens (tertiary/aromatic N) is 2. The lowest BCUT2D eigenvalue weighted by Gasteiger charge is -2.13. The molecule has 2 aromatic heterocycles. The number of amides is 1. The Morgan fingerprint density at radius 1 is 1.29 bits per heavy atom. The second-order valence-corrected chi connectivity index (χ2v) is 6.82. The standard InChI is InChI=1S/C16H14BrN3O3S/c1-10(11-4-6-12(17)7-5-11)18-14(21)9-24-16-20-19-15(23-16)13-3-2-8-22-13/h2-8,10H,9H2,1H3,(H,18,21)/t10-/m1/s1. The van der Waals surface area contributed by atoms with Crippen molar-refractivity contribution in [3.63, 3.8) is 0 Å². The fraction of sp³-hybridized carbons (Fsp3) is 0.188. The van der Waals surface area contributed by atoms with E-state index >= 15 is 0 Å². The molecule has 0 aliphatic rings. The third-order valence-electron chi connectivity index (χ3n) is 3.21. The molecule has 0 bridgehead atoms. The van der Waals surface area contributed by atoms with Crippen LogP contribution in [0.4, 0.5) is 0 Å². The van der Waals surface area contributed by atoms with Crippen LogP contribution in [0.2, 0.25) is 0 Å². The number of thioether (sulfide) groups is 1. The Kier molecular flexibility index (Phi) is 5.37. The van der Waals surface area contributed by atoms with Crippen LogP contribution in [0.25, 0.3) is 11.7 Å². The molecule has 0 unspecified atom stereocenters. The number of benzene rings is 1. The van der Waals surface area contributed by atoms with Gasteiger partial charge in [0, 0.05) is 4.47 Å². The topological polar surface area (TPSA) is 81.2 Å². The summed E-state index contributed by atoms with van der Waals surface area (Å²) in [5.74, 6) is 0.891. The van der Waals surface area contributed by atoms with E-state index < -0.39 is 0 Å². The molecule has 3 rings (SSSR count). The van der Waals surface area contributed by atoms with E-state index in [0.717, 1.165) is 10.0 Å². The molecule has 1 atom stereocenters. The third kappa shape index (κ3) is 4.27. The minimum atomic E-state index is -0.104. The molecule has 1 amide bonds. The Balaban J connectivity index is 1.51. The predicted octanol–water partition coefficient (Wildman–Crippen LogP) is 4.06. The van der Waals surface area contributed by atoms with Gasteiger partial charge in [0.05, 0.1) is 18.1 Å². The third-order valence-corrected chi connectivity index (χ3v) is 4.56. The summed E-state index contributed by atoms with van der Waals surface area (Å²) < 4.78 is 11.6. The lowest BCUT2D eigenvalue weighted by atomic mass is 10.1. The average molecular weight is 408 g/mol. The number of hydrogen-bond acceptors (Lipinski definition) is 6. The number of nitrogens with one attached hydrogen (secondary N) is 1. The molecule has 0 aliphatic heterocycles. The lowest BCUT2D eigenvalue weighted by Crippen LogP contribution is -2.28. The fourth-order valence-electron chi connectivity index (χ4n) is 2.01. The van der Waals surface area contributed by atoms with Crippen molar-refractivity contribution in [3.05, 3.63) is 52.7 Å². The molecule has 0 saturated heterocycles. The van der Waals surface area contributed by atoms with Crippen LogP contribution in [0.5, 0.6) is 0 Å². The summed E-state index contributed by atoms with van der Waals surface area (Å²) in [5, 5.41) is 11.0. The van der Waals surface area contributed by atoms with Gasteiger partial charge in [0.2, 0.25) is 5.91 Å². The maximum absolute atomic E-state index is 12.1. The van der Waals surface area contributed by atoms with Crippen LogP contribution in [-0.4, -0.2) is 21.9 Å². The van der Waals surface area contributed by atoms with E-state index in [2.05, 4.69) is 31.4 Å². The predicted molar refractivity (Wildman–Crippen MR) is 93.4 cm³/mol. The van der Waals surface area contributed by atoms with Gasteiger partial charge in [-0.05, 0) is 36.8 Å². The van der Waals surface area contributed by atoms with E-state index in [1.54, 1.807) is 12.1 Å². The van der Waals surface area contributed by atoms with Gasteiger partial charge in [-0.3, -0.25) is 4.79 Å². The zero-order valence-corrected chi connectivity index (χ0v) is 15.1. The highest BCUT2D eigenvalue weighted by atomic mass is 79.9. The molecule has 6 nitrogen and oxygen atoms in total. The van der Waals surface area contributed by atoms with Crippen molar-refractivity contribution in [2.24, 2.45) is 0 Å². The smallest absolute Gasteiger partial charge is 0.284 e. The molecule has 2 heterocycles. The summed E-state index contributed by atoms with van der Waals surface area (Å²) in [4.78, 5) is 12.1. The largest absolute Gasteiger partial charge is 0.459 e. The van der Waals surface area contributed by atoms with Crippen LogP contribution in [0.3, 0.4) is 0 Å². The number of aromatic nitrogens is 2. The molecule has 24 heavy (non-hydrogen) atoms. The van der Waals surface area contributed by atoms with E-state index in [0.29, 0.717) is 16.9 Å². The highest BCUT2D eigenvalue weighted by Gasteiger charge is 2.14. The van der Waals surface area contributed by atoms with Gasteiger partial charge < -0.3 is 14.2 Å². The quantitative estimate of drug-likeness (QED) is 0.620. The van der Waals surface area contributed by atoms with Crippen LogP contribution in [-0.2, 0) is 4.79 Å². The van der Waals surface area contributed by atoms with Gasteiger partial charge in [-0.15, -0.1) is 10.2 Å². The summed E-state index contributed by atoms with van der Waals surface area (Å²) >= 11 is 4.58. The first-order chi connectivity index (χ1) is 11.6. The summed E-state index contributed by atoms with van der Waals surface area (Å²) in [6, 6.07) is 11.2. The van der Waals surface area contributed by atoms with Crippen molar-refractivity contribution in [2.75, 3.05) is 5.75 Å². The molecule has 124 valence electrons. The molecular formula is C16H14BrN3O3S. The minimum Gasteiger partial charge on any atom is -0.459 e. The first kappa shape index (κ1) is 16.8. The van der Waals surface area contributed by atoms with Crippen LogP contribution < -0.4 is 5.32 Å². The Morgan fingerprint density at radius 3 is 2.79 bits per heavy atom. The van der Waals surface area contributed by atoms with Crippen molar-refractivity contribution in [1.82, 2.24) is 15.5 Å². The van der Waals surface area contributed by atoms with Crippen LogP contribution in [0.1, 0.15) is 18.5 Å². The summed E-state index contributed by atoms with van der Waals surface area (Å²) in [7, 11) is 0. The molecular weight excluding hydrogens is 394 g/mol. The zero-order valence-electron chi connectivity index (χ0n) is 12.7. The molecule has 0 fully saturated rings. The first-order valence-corrected chi connectivity index (χ1v) is 8.94. The van der Waals surface area contributed by atoms with Gasteiger partial charge in [-0.2, -0.15) is 0 Å². The molecule has 0 saturated carbocycles. The maximum atomic E-state index is 12.1. The summed E-state index contributed by atoms with van der Waals surface area (Å²) in [6.45, 7) is 1.94. The summed E-state index contributed by atoms with van der Waals surface area (Å²) in [5.41, 5.74) is 1.04. The van der Waals surface area contributed by atoms with Gasteiger partial charge in [0.25, 0.3) is 11.1 Å². The lowest BCUT2D eigenvalue weighted by molar-refractivity contribution is -0.119. The second kappa shape index (κ2) is 7.67. The molecule has 0 aliphatic carbocycles. The molecule has 1 aromatic carbocycles. The van der Waals surface area contributed by atoms with Gasteiger partial charge in [0.1, 0.15) is 0 Å². The van der Waals surface area contributed by atoms with E-state index in [4.69, 9.17) is 8.83 Å². The van der Waals surface area contributed by atoms with E-state index in [-0.39, 0.29) is 17.7 Å². The van der Waals surface area contributed by atoms with Crippen molar-refractivity contribution < 1.29 is 13.6 Å². The minimum absolute atomic E-state index is 0.0763. The highest BCUT2D eigenvalue weighted by molar-refractivity contribution is 9.10. The van der Waals surface area contributed by atoms with Gasteiger partial charge in [-0.1, -0.05) is 39.8 Å². The van der Waals surface area contributed by atoms with Crippen LogP contribution in [0, 0.1) is 0 Å². The number of carbonyl (C=O) groups excluding carboxylic acids is 1. The molecule has 0 radical (unpaired) electrons. The Bertz CT molecular complexity index is 802. The number of hydrogen-bond donors (Lipinski definition) is 1. The maximum Gasteiger partial charge on any atom is 0.284 e. The fourth-order valence-corrected chi connectivity index (χ4v) is 2.85. The van der Waals surface area contributed by atoms with E-state index in [1.165, 1.54) is 18.0 Å². The van der Waals surface area contributed by atoms with E-state index in [1.807, 2.05) is 31.2 Å². The van der Waals surface area contributed by atoms with Crippen molar-refractivity contribution >= 4 is 33.6 Å². The van der Waals surface area contributed by atoms with Crippen LogP contribution >= 0.6 is 27.7 Å². The Labute approximate surface area is 151 Å². The zero-order chi connectivity index (χ0) is 16.9. The number of halogens is 1.